The summed E-state index contributed by atoms with van der Waals surface area (Å²) >= 11 is 6.42. The molecule has 0 radical (unpaired) electrons. The Morgan fingerprint density at radius 2 is 1.89 bits per heavy atom. The Morgan fingerprint density at radius 3 is 2.56 bits per heavy atom. The van der Waals surface area contributed by atoms with Crippen LogP contribution in [0.1, 0.15) is 6.42 Å². The molecule has 1 N–H and O–H groups in total. The van der Waals surface area contributed by atoms with E-state index in [4.69, 9.17) is 21.4 Å². The number of nitrogens with zero attached hydrogens (tertiary/aromatic N) is 3. The summed E-state index contributed by atoms with van der Waals surface area (Å²) in [5.41, 5.74) is 1.71. The summed E-state index contributed by atoms with van der Waals surface area (Å²) in [5.74, 6) is -0.0495. The fraction of sp³-hybridized carbons (Fsp3) is 0.263. The van der Waals surface area contributed by atoms with Gasteiger partial charge in [-0.1, -0.05) is 23.7 Å². The predicted molar refractivity (Wildman–Crippen MR) is 109 cm³/mol. The normalized spacial score (nSPS) is 10.8. The van der Waals surface area contributed by atoms with Crippen molar-refractivity contribution in [3.05, 3.63) is 53.7 Å². The number of hydrogen-bond donors (Lipinski definition) is 1. The average Bonchev–Trinajstić information content (AvgIpc) is 2.98. The van der Waals surface area contributed by atoms with Crippen LogP contribution in [0.25, 0.3) is 16.6 Å². The monoisotopic (exact) mass is 409 g/mol. The van der Waals surface area contributed by atoms with E-state index < -0.39 is 5.97 Å². The molecule has 0 bridgehead atoms. The molecule has 0 saturated carbocycles. The molecule has 1 heterocycles. The van der Waals surface area contributed by atoms with Crippen LogP contribution in [-0.4, -0.2) is 52.5 Å². The maximum absolute atomic E-state index is 10.6. The molecule has 0 fully saturated rings. The van der Waals surface area contributed by atoms with Crippen molar-refractivity contribution in [2.75, 3.05) is 26.7 Å². The molecule has 0 aliphatic rings. The maximum Gasteiger partial charge on any atom is 0.304 e. The van der Waals surface area contributed by atoms with Crippen molar-refractivity contribution in [2.45, 2.75) is 6.42 Å². The first-order chi connectivity index (χ1) is 12.5. The third-order valence-electron chi connectivity index (χ3n) is 4.05. The summed E-state index contributed by atoms with van der Waals surface area (Å²) in [6.45, 7) is 1.65. The van der Waals surface area contributed by atoms with Crippen LogP contribution in [0.2, 0.25) is 5.15 Å². The lowest BCUT2D eigenvalue weighted by atomic mass is 10.2. The van der Waals surface area contributed by atoms with Crippen LogP contribution in [0.3, 0.4) is 0 Å². The number of aromatic nitrogens is 2. The fourth-order valence-corrected chi connectivity index (χ4v) is 2.87. The molecule has 0 unspecified atom stereocenters. The summed E-state index contributed by atoms with van der Waals surface area (Å²) in [4.78, 5) is 12.5. The molecule has 144 valence electrons. The van der Waals surface area contributed by atoms with Crippen molar-refractivity contribution < 1.29 is 14.6 Å². The Hall–Kier alpha value is -2.28. The van der Waals surface area contributed by atoms with E-state index in [9.17, 15) is 4.79 Å². The number of halogens is 2. The van der Waals surface area contributed by atoms with E-state index >= 15 is 0 Å². The topological polar surface area (TPSA) is 67.6 Å². The van der Waals surface area contributed by atoms with Crippen LogP contribution in [0, 0.1) is 0 Å². The molecule has 0 atom stereocenters. The second-order valence-electron chi connectivity index (χ2n) is 6.01. The van der Waals surface area contributed by atoms with E-state index in [2.05, 4.69) is 5.10 Å². The van der Waals surface area contributed by atoms with Gasteiger partial charge in [0.2, 0.25) is 0 Å². The van der Waals surface area contributed by atoms with Crippen molar-refractivity contribution in [1.82, 2.24) is 14.7 Å². The summed E-state index contributed by atoms with van der Waals surface area (Å²) in [6.07, 6.45) is 0.129. The third-order valence-corrected chi connectivity index (χ3v) is 4.41. The van der Waals surface area contributed by atoms with E-state index in [1.807, 2.05) is 60.5 Å². The van der Waals surface area contributed by atoms with Crippen LogP contribution in [0.15, 0.2) is 48.5 Å². The number of hydrogen-bond acceptors (Lipinski definition) is 4. The minimum absolute atomic E-state index is 0. The van der Waals surface area contributed by atoms with Gasteiger partial charge in [0.1, 0.15) is 17.5 Å². The predicted octanol–water partition coefficient (Wildman–Crippen LogP) is 3.89. The number of benzene rings is 2. The van der Waals surface area contributed by atoms with Gasteiger partial charge in [-0.3, -0.25) is 4.79 Å². The van der Waals surface area contributed by atoms with E-state index in [0.717, 1.165) is 22.3 Å². The highest BCUT2D eigenvalue weighted by atomic mass is 35.5. The van der Waals surface area contributed by atoms with Crippen LogP contribution in [0.5, 0.6) is 5.75 Å². The Morgan fingerprint density at radius 1 is 1.19 bits per heavy atom. The third kappa shape index (κ3) is 5.35. The lowest BCUT2D eigenvalue weighted by Gasteiger charge is -2.15. The number of likely N-dealkylation sites (N-methyl/N-ethyl adjacent to an activating group) is 1. The second kappa shape index (κ2) is 9.60. The van der Waals surface area contributed by atoms with Gasteiger partial charge in [-0.15, -0.1) is 12.4 Å². The molecular weight excluding hydrogens is 389 g/mol. The smallest absolute Gasteiger partial charge is 0.304 e. The molecule has 1 aromatic heterocycles. The number of fused-ring (bicyclic) bond motifs is 1. The highest BCUT2D eigenvalue weighted by molar-refractivity contribution is 6.34. The number of carbonyl (C=O) groups is 1. The Labute approximate surface area is 168 Å². The molecule has 3 aromatic rings. The van der Waals surface area contributed by atoms with E-state index in [-0.39, 0.29) is 18.8 Å². The maximum atomic E-state index is 10.6. The zero-order valence-corrected chi connectivity index (χ0v) is 16.4. The first-order valence-electron chi connectivity index (χ1n) is 8.31. The summed E-state index contributed by atoms with van der Waals surface area (Å²) in [6, 6.07) is 15.3. The zero-order chi connectivity index (χ0) is 18.5. The summed E-state index contributed by atoms with van der Waals surface area (Å²) in [7, 11) is 1.87. The molecule has 6 nitrogen and oxygen atoms in total. The second-order valence-corrected chi connectivity index (χ2v) is 6.37. The van der Waals surface area contributed by atoms with Gasteiger partial charge >= 0.3 is 5.97 Å². The largest absolute Gasteiger partial charge is 0.492 e. The molecule has 27 heavy (non-hydrogen) atoms. The quantitative estimate of drug-likeness (QED) is 0.611. The SMILES string of the molecule is CN(CCOc1ccc(-n2nc3ccccc3c2Cl)cc1)CCC(=O)O.Cl. The zero-order valence-electron chi connectivity index (χ0n) is 14.8. The molecule has 3 rings (SSSR count). The van der Waals surface area contributed by atoms with Crippen molar-refractivity contribution >= 4 is 40.9 Å². The Kier molecular flexibility index (Phi) is 7.47. The molecule has 2 aromatic carbocycles. The van der Waals surface area contributed by atoms with Gasteiger partial charge in [0.25, 0.3) is 0 Å². The first kappa shape index (κ1) is 21.0. The van der Waals surface area contributed by atoms with Gasteiger partial charge in [-0.25, -0.2) is 4.68 Å². The minimum Gasteiger partial charge on any atom is -0.492 e. The molecule has 0 aliphatic carbocycles. The lowest BCUT2D eigenvalue weighted by molar-refractivity contribution is -0.137. The van der Waals surface area contributed by atoms with Gasteiger partial charge in [-0.2, -0.15) is 5.10 Å². The summed E-state index contributed by atoms with van der Waals surface area (Å²) in [5, 5.41) is 14.7. The molecule has 8 heteroatoms. The summed E-state index contributed by atoms with van der Waals surface area (Å²) < 4.78 is 7.42. The highest BCUT2D eigenvalue weighted by Gasteiger charge is 2.10. The van der Waals surface area contributed by atoms with Gasteiger partial charge in [0.15, 0.2) is 0 Å². The molecule has 0 spiro atoms. The van der Waals surface area contributed by atoms with Crippen LogP contribution in [-0.2, 0) is 4.79 Å². The van der Waals surface area contributed by atoms with Gasteiger partial charge in [-0.05, 0) is 43.4 Å². The van der Waals surface area contributed by atoms with Crippen LogP contribution < -0.4 is 4.74 Å². The Balaban J connectivity index is 0.00000261. The minimum atomic E-state index is -0.793. The molecule has 0 amide bonds. The molecular formula is C19H21Cl2N3O3. The number of rotatable bonds is 8. The number of ether oxygens (including phenoxy) is 1. The van der Waals surface area contributed by atoms with Crippen molar-refractivity contribution in [3.63, 3.8) is 0 Å². The van der Waals surface area contributed by atoms with Crippen molar-refractivity contribution in [1.29, 1.82) is 0 Å². The van der Waals surface area contributed by atoms with Gasteiger partial charge in [0, 0.05) is 18.5 Å². The van der Waals surface area contributed by atoms with E-state index in [1.54, 1.807) is 4.68 Å². The van der Waals surface area contributed by atoms with Crippen LogP contribution in [0.4, 0.5) is 0 Å². The molecule has 0 saturated heterocycles. The number of carboxylic acids is 1. The van der Waals surface area contributed by atoms with Gasteiger partial charge < -0.3 is 14.7 Å². The van der Waals surface area contributed by atoms with Gasteiger partial charge in [0.05, 0.1) is 17.6 Å². The Bertz CT molecular complexity index is 897. The fourth-order valence-electron chi connectivity index (χ4n) is 2.57. The molecule has 0 aliphatic heterocycles. The average molecular weight is 410 g/mol. The first-order valence-corrected chi connectivity index (χ1v) is 8.69. The van der Waals surface area contributed by atoms with Crippen molar-refractivity contribution in [2.24, 2.45) is 0 Å². The van der Waals surface area contributed by atoms with Crippen LogP contribution >= 0.6 is 24.0 Å². The van der Waals surface area contributed by atoms with Crippen molar-refractivity contribution in [3.8, 4) is 11.4 Å². The standard InChI is InChI=1S/C19H20ClN3O3.ClH/c1-22(11-10-18(24)25)12-13-26-15-8-6-14(7-9-15)23-19(20)16-4-2-3-5-17(16)21-23;/h2-9H,10-13H2,1H3,(H,24,25);1H. The number of carboxylic acid groups (broad SMARTS) is 1. The lowest BCUT2D eigenvalue weighted by Crippen LogP contribution is -2.26. The van der Waals surface area contributed by atoms with E-state index in [1.165, 1.54) is 0 Å². The highest BCUT2D eigenvalue weighted by Crippen LogP contribution is 2.26. The number of aliphatic carboxylic acids is 1. The van der Waals surface area contributed by atoms with E-state index in [0.29, 0.717) is 24.8 Å².